The minimum Gasteiger partial charge on any atom is -0.339 e. The number of nitrogens with zero attached hydrogens (tertiary/aromatic N) is 2. The number of nitrogens with one attached hydrogen (secondary N) is 2. The molecule has 0 bridgehead atoms. The normalized spacial score (nSPS) is 11.0. The van der Waals surface area contributed by atoms with Crippen LogP contribution in [-0.2, 0) is 4.79 Å². The lowest BCUT2D eigenvalue weighted by Gasteiger charge is -2.16. The van der Waals surface area contributed by atoms with E-state index in [-0.39, 0.29) is 11.7 Å². The molecule has 1 aromatic heterocycles. The van der Waals surface area contributed by atoms with Gasteiger partial charge < -0.3 is 10.6 Å². The largest absolute Gasteiger partial charge is 0.339 e. The number of carbonyl (C=O) groups is 2. The van der Waals surface area contributed by atoms with Crippen LogP contribution in [0.1, 0.15) is 38.1 Å². The Bertz CT molecular complexity index is 718. The Kier molecular flexibility index (Phi) is 4.74. The van der Waals surface area contributed by atoms with Gasteiger partial charge in [-0.1, -0.05) is 32.9 Å². The third-order valence-electron chi connectivity index (χ3n) is 3.13. The van der Waals surface area contributed by atoms with Crippen molar-refractivity contribution in [1.29, 1.82) is 0 Å². The maximum Gasteiger partial charge on any atom is 0.230 e. The van der Waals surface area contributed by atoms with Gasteiger partial charge in [0.25, 0.3) is 0 Å². The molecule has 23 heavy (non-hydrogen) atoms. The smallest absolute Gasteiger partial charge is 0.230 e. The van der Waals surface area contributed by atoms with E-state index in [0.29, 0.717) is 17.2 Å². The number of Topliss-reactive ketones (excluding diaryl/α,β-unsaturated/α-hetero) is 1. The van der Waals surface area contributed by atoms with Crippen LogP contribution in [0.4, 0.5) is 17.3 Å². The van der Waals surface area contributed by atoms with Crippen molar-refractivity contribution in [3.63, 3.8) is 0 Å². The molecule has 0 atom stereocenters. The van der Waals surface area contributed by atoms with Crippen LogP contribution < -0.4 is 10.6 Å². The summed E-state index contributed by atoms with van der Waals surface area (Å²) in [7, 11) is 0. The number of aromatic nitrogens is 2. The van der Waals surface area contributed by atoms with Gasteiger partial charge in [0.05, 0.1) is 0 Å². The summed E-state index contributed by atoms with van der Waals surface area (Å²) in [6, 6.07) is 10.5. The van der Waals surface area contributed by atoms with E-state index >= 15 is 0 Å². The standard InChI is InChI=1S/C17H20N4O2/c1-11(22)12-6-5-7-13(10-12)18-14-8-9-15(21-20-14)19-16(23)17(2,3)4/h5-10H,1-4H3,(H,18,20)(H,19,21,23). The Morgan fingerprint density at radius 3 is 2.22 bits per heavy atom. The first kappa shape index (κ1) is 16.6. The Balaban J connectivity index is 2.07. The van der Waals surface area contributed by atoms with Crippen LogP contribution in [0.15, 0.2) is 36.4 Å². The van der Waals surface area contributed by atoms with Crippen molar-refractivity contribution in [2.45, 2.75) is 27.7 Å². The first-order valence-electron chi connectivity index (χ1n) is 7.29. The Labute approximate surface area is 135 Å². The third-order valence-corrected chi connectivity index (χ3v) is 3.13. The first-order chi connectivity index (χ1) is 10.8. The average Bonchev–Trinajstić information content (AvgIpc) is 2.48. The molecule has 0 aliphatic carbocycles. The van der Waals surface area contributed by atoms with Crippen molar-refractivity contribution < 1.29 is 9.59 Å². The van der Waals surface area contributed by atoms with E-state index in [0.717, 1.165) is 5.69 Å². The second-order valence-electron chi connectivity index (χ2n) is 6.27. The van der Waals surface area contributed by atoms with Crippen LogP contribution in [0, 0.1) is 5.41 Å². The summed E-state index contributed by atoms with van der Waals surface area (Å²) in [5.74, 6) is 0.800. The average molecular weight is 312 g/mol. The van der Waals surface area contributed by atoms with Gasteiger partial charge in [0.2, 0.25) is 5.91 Å². The molecule has 0 unspecified atom stereocenters. The number of anilines is 3. The molecule has 0 radical (unpaired) electrons. The molecular weight excluding hydrogens is 292 g/mol. The van der Waals surface area contributed by atoms with Crippen LogP contribution in [0.25, 0.3) is 0 Å². The van der Waals surface area contributed by atoms with Crippen LogP contribution in [0.2, 0.25) is 0 Å². The lowest BCUT2D eigenvalue weighted by Crippen LogP contribution is -2.28. The maximum absolute atomic E-state index is 11.9. The molecule has 0 spiro atoms. The van der Waals surface area contributed by atoms with E-state index < -0.39 is 5.41 Å². The zero-order valence-electron chi connectivity index (χ0n) is 13.7. The number of ketones is 1. The molecule has 2 rings (SSSR count). The Morgan fingerprint density at radius 1 is 1.00 bits per heavy atom. The summed E-state index contributed by atoms with van der Waals surface area (Å²) in [5, 5.41) is 13.8. The number of carbonyl (C=O) groups excluding carboxylic acids is 2. The predicted molar refractivity (Wildman–Crippen MR) is 89.8 cm³/mol. The lowest BCUT2D eigenvalue weighted by atomic mass is 9.96. The second kappa shape index (κ2) is 6.56. The molecule has 0 saturated heterocycles. The zero-order chi connectivity index (χ0) is 17.0. The number of amides is 1. The molecule has 0 aliphatic rings. The number of hydrogen-bond donors (Lipinski definition) is 2. The summed E-state index contributed by atoms with van der Waals surface area (Å²) >= 11 is 0. The van der Waals surface area contributed by atoms with Crippen LogP contribution in [0.5, 0.6) is 0 Å². The van der Waals surface area contributed by atoms with Crippen molar-refractivity contribution in [3.8, 4) is 0 Å². The summed E-state index contributed by atoms with van der Waals surface area (Å²) in [6.45, 7) is 7.00. The second-order valence-corrected chi connectivity index (χ2v) is 6.27. The summed E-state index contributed by atoms with van der Waals surface area (Å²) < 4.78 is 0. The lowest BCUT2D eigenvalue weighted by molar-refractivity contribution is -0.123. The van der Waals surface area contributed by atoms with E-state index in [1.165, 1.54) is 6.92 Å². The SMILES string of the molecule is CC(=O)c1cccc(Nc2ccc(NC(=O)C(C)(C)C)nn2)c1. The quantitative estimate of drug-likeness (QED) is 0.845. The molecule has 120 valence electrons. The van der Waals surface area contributed by atoms with Crippen molar-refractivity contribution in [2.24, 2.45) is 5.41 Å². The number of benzene rings is 1. The highest BCUT2D eigenvalue weighted by Gasteiger charge is 2.21. The van der Waals surface area contributed by atoms with Gasteiger partial charge in [-0.25, -0.2) is 0 Å². The first-order valence-corrected chi connectivity index (χ1v) is 7.29. The molecule has 6 nitrogen and oxygen atoms in total. The number of rotatable bonds is 4. The highest BCUT2D eigenvalue weighted by atomic mass is 16.2. The molecule has 0 saturated carbocycles. The van der Waals surface area contributed by atoms with Crippen molar-refractivity contribution in [3.05, 3.63) is 42.0 Å². The molecule has 2 aromatic rings. The van der Waals surface area contributed by atoms with Gasteiger partial charge in [-0.15, -0.1) is 10.2 Å². The summed E-state index contributed by atoms with van der Waals surface area (Å²) in [4.78, 5) is 23.3. The van der Waals surface area contributed by atoms with Crippen LogP contribution in [-0.4, -0.2) is 21.9 Å². The Hall–Kier alpha value is -2.76. The molecule has 6 heteroatoms. The summed E-state index contributed by atoms with van der Waals surface area (Å²) in [6.07, 6.45) is 0. The molecular formula is C17H20N4O2. The summed E-state index contributed by atoms with van der Waals surface area (Å²) in [5.41, 5.74) is 0.877. The molecule has 0 fully saturated rings. The number of hydrogen-bond acceptors (Lipinski definition) is 5. The fraction of sp³-hybridized carbons (Fsp3) is 0.294. The van der Waals surface area contributed by atoms with Gasteiger partial charge in [-0.05, 0) is 31.2 Å². The molecule has 2 N–H and O–H groups in total. The third kappa shape index (κ3) is 4.60. The van der Waals surface area contributed by atoms with Crippen molar-refractivity contribution in [2.75, 3.05) is 10.6 Å². The molecule has 0 aliphatic heterocycles. The van der Waals surface area contributed by atoms with Gasteiger partial charge in [0.1, 0.15) is 0 Å². The van der Waals surface area contributed by atoms with E-state index in [1.807, 2.05) is 26.8 Å². The Morgan fingerprint density at radius 2 is 1.65 bits per heavy atom. The highest BCUT2D eigenvalue weighted by Crippen LogP contribution is 2.18. The zero-order valence-corrected chi connectivity index (χ0v) is 13.7. The molecule has 1 amide bonds. The van der Waals surface area contributed by atoms with Gasteiger partial charge >= 0.3 is 0 Å². The van der Waals surface area contributed by atoms with Crippen LogP contribution >= 0.6 is 0 Å². The van der Waals surface area contributed by atoms with Gasteiger partial charge in [-0.2, -0.15) is 0 Å². The van der Waals surface area contributed by atoms with Gasteiger partial charge in [0.15, 0.2) is 17.4 Å². The minimum absolute atomic E-state index is 0.0000234. The monoisotopic (exact) mass is 312 g/mol. The van der Waals surface area contributed by atoms with E-state index in [1.54, 1.807) is 30.3 Å². The van der Waals surface area contributed by atoms with Crippen molar-refractivity contribution in [1.82, 2.24) is 10.2 Å². The molecule has 1 heterocycles. The minimum atomic E-state index is -0.494. The van der Waals surface area contributed by atoms with Gasteiger partial charge in [0, 0.05) is 16.7 Å². The van der Waals surface area contributed by atoms with E-state index in [4.69, 9.17) is 0 Å². The van der Waals surface area contributed by atoms with E-state index in [2.05, 4.69) is 20.8 Å². The van der Waals surface area contributed by atoms with Gasteiger partial charge in [-0.3, -0.25) is 9.59 Å². The van der Waals surface area contributed by atoms with E-state index in [9.17, 15) is 9.59 Å². The topological polar surface area (TPSA) is 84.0 Å². The predicted octanol–water partition coefficient (Wildman–Crippen LogP) is 3.41. The van der Waals surface area contributed by atoms with Crippen LogP contribution in [0.3, 0.4) is 0 Å². The fourth-order valence-electron chi connectivity index (χ4n) is 1.73. The fourth-order valence-corrected chi connectivity index (χ4v) is 1.73. The van der Waals surface area contributed by atoms with Crippen molar-refractivity contribution >= 4 is 29.0 Å². The maximum atomic E-state index is 11.9. The molecule has 1 aromatic carbocycles. The highest BCUT2D eigenvalue weighted by molar-refractivity contribution is 5.95.